The maximum Gasteiger partial charge on any atom is 0.215 e. The zero-order valence-electron chi connectivity index (χ0n) is 14.4. The predicted molar refractivity (Wildman–Crippen MR) is 97.8 cm³/mol. The molecule has 1 aliphatic rings. The Hall–Kier alpha value is -1.81. The molecule has 27 heavy (non-hydrogen) atoms. The van der Waals surface area contributed by atoms with Gasteiger partial charge in [0.1, 0.15) is 0 Å². The van der Waals surface area contributed by atoms with Crippen LogP contribution in [0.15, 0.2) is 30.9 Å². The van der Waals surface area contributed by atoms with Crippen LogP contribution in [0.4, 0.5) is 4.39 Å². The Kier molecular flexibility index (Phi) is 6.25. The highest BCUT2D eigenvalue weighted by molar-refractivity contribution is 7.90. The van der Waals surface area contributed by atoms with Crippen molar-refractivity contribution < 1.29 is 22.3 Å². The van der Waals surface area contributed by atoms with Gasteiger partial charge < -0.3 is 9.30 Å². The van der Waals surface area contributed by atoms with E-state index in [4.69, 9.17) is 16.3 Å². The molecule has 0 amide bonds. The molecule has 0 unspecified atom stereocenters. The summed E-state index contributed by atoms with van der Waals surface area (Å²) in [6.07, 6.45) is 5.64. The van der Waals surface area contributed by atoms with Gasteiger partial charge in [-0.3, -0.25) is 4.79 Å². The lowest BCUT2D eigenvalue weighted by molar-refractivity contribution is 0.0974. The van der Waals surface area contributed by atoms with Crippen molar-refractivity contribution in [1.82, 2.24) is 14.3 Å². The number of benzene rings is 1. The summed E-state index contributed by atoms with van der Waals surface area (Å²) in [4.78, 5) is 16.4. The number of carbonyl (C=O) groups excluding carboxylic acids is 1. The fraction of sp³-hybridized carbons (Fsp3) is 0.412. The molecule has 2 heterocycles. The van der Waals surface area contributed by atoms with Gasteiger partial charge in [-0.2, -0.15) is 0 Å². The van der Waals surface area contributed by atoms with Crippen LogP contribution in [0.3, 0.4) is 0 Å². The molecule has 2 aromatic rings. The van der Waals surface area contributed by atoms with E-state index in [-0.39, 0.29) is 10.6 Å². The molecule has 1 N–H and O–H groups in total. The number of ketones is 1. The quantitative estimate of drug-likeness (QED) is 0.698. The Bertz CT molecular complexity index is 913. The Labute approximate surface area is 161 Å². The van der Waals surface area contributed by atoms with Gasteiger partial charge in [0.2, 0.25) is 10.0 Å². The number of nitrogens with one attached hydrogen (secondary N) is 1. The van der Waals surface area contributed by atoms with Crippen molar-refractivity contribution in [3.63, 3.8) is 0 Å². The van der Waals surface area contributed by atoms with E-state index in [1.165, 1.54) is 12.1 Å². The molecule has 146 valence electrons. The Morgan fingerprint density at radius 2 is 2.11 bits per heavy atom. The van der Waals surface area contributed by atoms with Gasteiger partial charge in [-0.1, -0.05) is 11.6 Å². The SMILES string of the molecule is O=C(CNS(=O)(=O)C1CCOCC1)c1cc(Cn2ccnc2)cc(Cl)c1F. The summed E-state index contributed by atoms with van der Waals surface area (Å²) < 4.78 is 48.1. The summed E-state index contributed by atoms with van der Waals surface area (Å²) in [6.45, 7) is 0.551. The van der Waals surface area contributed by atoms with Crippen LogP contribution in [-0.4, -0.2) is 48.8 Å². The smallest absolute Gasteiger partial charge is 0.215 e. The molecule has 1 fully saturated rings. The summed E-state index contributed by atoms with van der Waals surface area (Å²) in [5.41, 5.74) is 0.363. The molecule has 0 saturated carbocycles. The van der Waals surface area contributed by atoms with Gasteiger partial charge in [-0.05, 0) is 30.5 Å². The molecule has 0 radical (unpaired) electrons. The van der Waals surface area contributed by atoms with E-state index in [1.807, 2.05) is 0 Å². The van der Waals surface area contributed by atoms with Crippen LogP contribution in [0.5, 0.6) is 0 Å². The molecule has 0 atom stereocenters. The topological polar surface area (TPSA) is 90.3 Å². The number of rotatable bonds is 7. The van der Waals surface area contributed by atoms with Gasteiger partial charge in [0.25, 0.3) is 0 Å². The van der Waals surface area contributed by atoms with E-state index in [0.29, 0.717) is 38.2 Å². The zero-order chi connectivity index (χ0) is 19.4. The number of carbonyl (C=O) groups is 1. The van der Waals surface area contributed by atoms with Gasteiger partial charge in [0.15, 0.2) is 11.6 Å². The summed E-state index contributed by atoms with van der Waals surface area (Å²) in [5.74, 6) is -1.54. The van der Waals surface area contributed by atoms with Gasteiger partial charge in [0, 0.05) is 32.2 Å². The Balaban J connectivity index is 1.72. The number of sulfonamides is 1. The standard InChI is InChI=1S/C17H19ClFN3O4S/c18-15-8-12(10-22-4-3-20-11-22)7-14(17(15)19)16(23)9-21-27(24,25)13-1-5-26-6-2-13/h3-4,7-8,11,13,21H,1-2,5-6,9-10H2. The monoisotopic (exact) mass is 415 g/mol. The highest BCUT2D eigenvalue weighted by atomic mass is 35.5. The Morgan fingerprint density at radius 1 is 1.37 bits per heavy atom. The van der Waals surface area contributed by atoms with Crippen LogP contribution in [-0.2, 0) is 21.3 Å². The third-order valence-electron chi connectivity index (χ3n) is 4.35. The van der Waals surface area contributed by atoms with Crippen LogP contribution in [0.1, 0.15) is 28.8 Å². The van der Waals surface area contributed by atoms with Gasteiger partial charge in [-0.25, -0.2) is 22.5 Å². The number of hydrogen-bond donors (Lipinski definition) is 1. The van der Waals surface area contributed by atoms with Gasteiger partial charge >= 0.3 is 0 Å². The summed E-state index contributed by atoms with van der Waals surface area (Å²) in [6, 6.07) is 2.81. The highest BCUT2D eigenvalue weighted by Crippen LogP contribution is 2.22. The van der Waals surface area contributed by atoms with E-state index in [2.05, 4.69) is 9.71 Å². The van der Waals surface area contributed by atoms with E-state index >= 15 is 0 Å². The number of aromatic nitrogens is 2. The first-order chi connectivity index (χ1) is 12.9. The average Bonchev–Trinajstić information content (AvgIpc) is 3.16. The van der Waals surface area contributed by atoms with Crippen LogP contribution < -0.4 is 4.72 Å². The first kappa shape index (κ1) is 19.9. The molecular weight excluding hydrogens is 397 g/mol. The lowest BCUT2D eigenvalue weighted by atomic mass is 10.1. The van der Waals surface area contributed by atoms with Gasteiger partial charge in [-0.15, -0.1) is 0 Å². The second-order valence-corrected chi connectivity index (χ2v) is 8.73. The van der Waals surface area contributed by atoms with E-state index in [0.717, 1.165) is 0 Å². The number of ether oxygens (including phenoxy) is 1. The van der Waals surface area contributed by atoms with Crippen LogP contribution in [0.25, 0.3) is 0 Å². The van der Waals surface area contributed by atoms with Crippen molar-refractivity contribution in [3.8, 4) is 0 Å². The molecular formula is C17H19ClFN3O4S. The summed E-state index contributed by atoms with van der Waals surface area (Å²) in [7, 11) is -3.68. The third kappa shape index (κ3) is 4.92. The first-order valence-corrected chi connectivity index (χ1v) is 10.3. The molecule has 1 aromatic carbocycles. The minimum Gasteiger partial charge on any atom is -0.381 e. The number of Topliss-reactive ketones (excluding diaryl/α,β-unsaturated/α-hetero) is 1. The number of nitrogens with zero attached hydrogens (tertiary/aromatic N) is 2. The molecule has 0 aliphatic carbocycles. The maximum absolute atomic E-state index is 14.3. The number of hydrogen-bond acceptors (Lipinski definition) is 5. The second kappa shape index (κ2) is 8.47. The normalized spacial score (nSPS) is 15.8. The maximum atomic E-state index is 14.3. The van der Waals surface area contributed by atoms with Gasteiger partial charge in [0.05, 0.1) is 28.7 Å². The molecule has 1 saturated heterocycles. The zero-order valence-corrected chi connectivity index (χ0v) is 16.0. The van der Waals surface area contributed by atoms with Crippen LogP contribution in [0, 0.1) is 5.82 Å². The van der Waals surface area contributed by atoms with Crippen molar-refractivity contribution in [2.75, 3.05) is 19.8 Å². The minimum atomic E-state index is -3.68. The molecule has 0 spiro atoms. The third-order valence-corrected chi connectivity index (χ3v) is 6.52. The molecule has 10 heteroatoms. The lowest BCUT2D eigenvalue weighted by Crippen LogP contribution is -2.40. The number of imidazole rings is 1. The van der Waals surface area contributed by atoms with E-state index < -0.39 is 33.4 Å². The van der Waals surface area contributed by atoms with Crippen molar-refractivity contribution in [1.29, 1.82) is 0 Å². The average molecular weight is 416 g/mol. The lowest BCUT2D eigenvalue weighted by Gasteiger charge is -2.22. The van der Waals surface area contributed by atoms with Crippen molar-refractivity contribution >= 4 is 27.4 Å². The van der Waals surface area contributed by atoms with E-state index in [9.17, 15) is 17.6 Å². The summed E-state index contributed by atoms with van der Waals surface area (Å²) in [5, 5.41) is -0.802. The molecule has 1 aromatic heterocycles. The van der Waals surface area contributed by atoms with Crippen LogP contribution >= 0.6 is 11.6 Å². The fourth-order valence-electron chi connectivity index (χ4n) is 2.90. The Morgan fingerprint density at radius 3 is 2.78 bits per heavy atom. The fourth-order valence-corrected chi connectivity index (χ4v) is 4.52. The largest absolute Gasteiger partial charge is 0.381 e. The van der Waals surface area contributed by atoms with E-state index in [1.54, 1.807) is 23.3 Å². The van der Waals surface area contributed by atoms with Crippen molar-refractivity contribution in [3.05, 3.63) is 52.8 Å². The number of halogens is 2. The first-order valence-electron chi connectivity index (χ1n) is 8.40. The molecule has 1 aliphatic heterocycles. The predicted octanol–water partition coefficient (Wildman–Crippen LogP) is 2.00. The summed E-state index contributed by atoms with van der Waals surface area (Å²) >= 11 is 5.91. The highest BCUT2D eigenvalue weighted by Gasteiger charge is 2.28. The molecule has 3 rings (SSSR count). The van der Waals surface area contributed by atoms with Crippen molar-refractivity contribution in [2.24, 2.45) is 0 Å². The molecule has 7 nitrogen and oxygen atoms in total. The second-order valence-electron chi connectivity index (χ2n) is 6.28. The van der Waals surface area contributed by atoms with Crippen LogP contribution in [0.2, 0.25) is 5.02 Å². The minimum absolute atomic E-state index is 0.191. The molecule has 0 bridgehead atoms. The van der Waals surface area contributed by atoms with Crippen molar-refractivity contribution in [2.45, 2.75) is 24.6 Å².